The quantitative estimate of drug-likeness (QED) is 0.566. The molecule has 0 radical (unpaired) electrons. The number of benzene rings is 2. The number of likely N-dealkylation sites (tertiary alicyclic amines) is 2. The van der Waals surface area contributed by atoms with E-state index in [0.717, 1.165) is 28.3 Å². The van der Waals surface area contributed by atoms with Crippen LogP contribution in [-0.2, 0) is 5.41 Å². The van der Waals surface area contributed by atoms with Crippen molar-refractivity contribution in [3.8, 4) is 11.8 Å². The minimum atomic E-state index is -0.879. The minimum absolute atomic E-state index is 0.00510. The zero-order valence-electron chi connectivity index (χ0n) is 21.4. The molecule has 2 aromatic carbocycles. The summed E-state index contributed by atoms with van der Waals surface area (Å²) in [5, 5.41) is 18.4. The zero-order chi connectivity index (χ0) is 26.3. The first-order chi connectivity index (χ1) is 17.7. The van der Waals surface area contributed by atoms with Crippen molar-refractivity contribution in [2.24, 2.45) is 0 Å². The summed E-state index contributed by atoms with van der Waals surface area (Å²) in [4.78, 5) is 33.0. The number of nitrogens with zero attached hydrogens (tertiary/aromatic N) is 5. The molecule has 8 heteroatoms. The lowest BCUT2D eigenvalue weighted by Crippen LogP contribution is -2.48. The van der Waals surface area contributed by atoms with Gasteiger partial charge in [-0.3, -0.25) is 4.79 Å². The Morgan fingerprint density at radius 1 is 1.05 bits per heavy atom. The van der Waals surface area contributed by atoms with E-state index in [-0.39, 0.29) is 17.2 Å². The largest absolute Gasteiger partial charge is 0.465 e. The number of carbonyl (C=O) groups excluding carboxylic acids is 1. The maximum absolute atomic E-state index is 13.4. The van der Waals surface area contributed by atoms with Crippen molar-refractivity contribution in [1.82, 2.24) is 19.4 Å². The van der Waals surface area contributed by atoms with Crippen LogP contribution in [0.15, 0.2) is 48.7 Å². The van der Waals surface area contributed by atoms with Gasteiger partial charge in [0.05, 0.1) is 23.0 Å². The number of piperidine rings is 1. The third-order valence-corrected chi connectivity index (χ3v) is 7.90. The number of aromatic nitrogens is 2. The van der Waals surface area contributed by atoms with Gasteiger partial charge in [0.2, 0.25) is 0 Å². The topological polar surface area (TPSA) is 102 Å². The second-order valence-corrected chi connectivity index (χ2v) is 10.5. The molecule has 0 unspecified atom stereocenters. The predicted molar refractivity (Wildman–Crippen MR) is 139 cm³/mol. The van der Waals surface area contributed by atoms with E-state index in [0.29, 0.717) is 50.1 Å². The Morgan fingerprint density at radius 2 is 1.73 bits per heavy atom. The molecule has 2 aliphatic heterocycles. The third-order valence-electron chi connectivity index (χ3n) is 7.90. The number of hydrogen-bond acceptors (Lipinski definition) is 4. The normalized spacial score (nSPS) is 17.2. The van der Waals surface area contributed by atoms with Crippen molar-refractivity contribution in [2.45, 2.75) is 44.9 Å². The molecule has 2 amide bonds. The molecular formula is C29H31N5O3. The summed E-state index contributed by atoms with van der Waals surface area (Å²) in [5.41, 5.74) is 5.02. The van der Waals surface area contributed by atoms with Crippen LogP contribution in [0.4, 0.5) is 4.79 Å². The van der Waals surface area contributed by atoms with Crippen LogP contribution in [0.3, 0.4) is 0 Å². The maximum atomic E-state index is 13.4. The molecule has 0 atom stereocenters. The Balaban J connectivity index is 1.36. The maximum Gasteiger partial charge on any atom is 0.407 e. The second-order valence-electron chi connectivity index (χ2n) is 10.5. The second kappa shape index (κ2) is 9.40. The summed E-state index contributed by atoms with van der Waals surface area (Å²) in [6.45, 7) is 8.41. The van der Waals surface area contributed by atoms with E-state index in [1.807, 2.05) is 67.4 Å². The molecule has 1 aromatic heterocycles. The molecular weight excluding hydrogens is 466 g/mol. The lowest BCUT2D eigenvalue weighted by Gasteiger charge is -2.40. The fourth-order valence-corrected chi connectivity index (χ4v) is 5.39. The number of carbonyl (C=O) groups is 2. The summed E-state index contributed by atoms with van der Waals surface area (Å²) in [6.07, 6.45) is 2.51. The van der Waals surface area contributed by atoms with Crippen molar-refractivity contribution >= 4 is 12.0 Å². The van der Waals surface area contributed by atoms with Gasteiger partial charge < -0.3 is 19.5 Å². The summed E-state index contributed by atoms with van der Waals surface area (Å²) in [7, 11) is 0. The Hall–Kier alpha value is -4.12. The van der Waals surface area contributed by atoms with Crippen molar-refractivity contribution in [1.29, 1.82) is 5.26 Å². The smallest absolute Gasteiger partial charge is 0.407 e. The molecule has 1 N–H and O–H groups in total. The molecule has 0 bridgehead atoms. The SMILES string of the molecule is Cc1cn(-c2cc(C(=O)N3CC(c4ccc(C#N)cc4)C3)ccc2C)c(C2(C)CCN(C(=O)O)CC2)n1. The summed E-state index contributed by atoms with van der Waals surface area (Å²) >= 11 is 0. The van der Waals surface area contributed by atoms with E-state index in [2.05, 4.69) is 17.6 Å². The van der Waals surface area contributed by atoms with Gasteiger partial charge in [0.1, 0.15) is 5.82 Å². The number of aryl methyl sites for hydroxylation is 2. The number of rotatable bonds is 4. The monoisotopic (exact) mass is 497 g/mol. The van der Waals surface area contributed by atoms with Crippen LogP contribution in [0.2, 0.25) is 0 Å². The number of amides is 2. The molecule has 2 saturated heterocycles. The molecule has 5 rings (SSSR count). The van der Waals surface area contributed by atoms with E-state index in [1.165, 1.54) is 4.90 Å². The average Bonchev–Trinajstić information content (AvgIpc) is 3.26. The first kappa shape index (κ1) is 24.6. The standard InChI is InChI=1S/C29H31N5O3/c1-19-4-7-23(26(35)33-17-24(18-33)22-8-5-21(15-30)6-9-22)14-25(19)34-16-20(2)31-27(34)29(3)10-12-32(13-11-29)28(36)37/h4-9,14,16,24H,10-13,17-18H2,1-3H3,(H,36,37). The molecule has 37 heavy (non-hydrogen) atoms. The van der Waals surface area contributed by atoms with E-state index >= 15 is 0 Å². The van der Waals surface area contributed by atoms with E-state index in [1.54, 1.807) is 0 Å². The van der Waals surface area contributed by atoms with Gasteiger partial charge in [0.25, 0.3) is 5.91 Å². The molecule has 8 nitrogen and oxygen atoms in total. The minimum Gasteiger partial charge on any atom is -0.465 e. The highest BCUT2D eigenvalue weighted by molar-refractivity contribution is 5.95. The first-order valence-electron chi connectivity index (χ1n) is 12.6. The molecule has 0 aliphatic carbocycles. The fraction of sp³-hybridized carbons (Fsp3) is 0.379. The molecule has 2 aliphatic rings. The Bertz CT molecular complexity index is 1390. The van der Waals surface area contributed by atoms with Crippen molar-refractivity contribution in [3.05, 3.63) is 82.4 Å². The lowest BCUT2D eigenvalue weighted by molar-refractivity contribution is 0.0602. The van der Waals surface area contributed by atoms with Crippen LogP contribution in [0.25, 0.3) is 5.69 Å². The first-order valence-corrected chi connectivity index (χ1v) is 12.6. The van der Waals surface area contributed by atoms with E-state index < -0.39 is 6.09 Å². The van der Waals surface area contributed by atoms with Crippen LogP contribution in [0, 0.1) is 25.2 Å². The number of nitriles is 1. The predicted octanol–water partition coefficient (Wildman–Crippen LogP) is 4.63. The van der Waals surface area contributed by atoms with Crippen molar-refractivity contribution in [3.63, 3.8) is 0 Å². The van der Waals surface area contributed by atoms with Crippen molar-refractivity contribution < 1.29 is 14.7 Å². The molecule has 0 saturated carbocycles. The number of hydrogen-bond donors (Lipinski definition) is 1. The number of carboxylic acid groups (broad SMARTS) is 1. The van der Waals surface area contributed by atoms with Gasteiger partial charge >= 0.3 is 6.09 Å². The highest BCUT2D eigenvalue weighted by atomic mass is 16.4. The van der Waals surface area contributed by atoms with Gasteiger partial charge in [-0.15, -0.1) is 0 Å². The van der Waals surface area contributed by atoms with Crippen LogP contribution in [-0.4, -0.2) is 62.6 Å². The van der Waals surface area contributed by atoms with Crippen LogP contribution >= 0.6 is 0 Å². The van der Waals surface area contributed by atoms with Crippen LogP contribution in [0.1, 0.15) is 64.2 Å². The molecule has 3 heterocycles. The lowest BCUT2D eigenvalue weighted by atomic mass is 9.79. The Morgan fingerprint density at radius 3 is 2.35 bits per heavy atom. The highest BCUT2D eigenvalue weighted by Gasteiger charge is 2.38. The van der Waals surface area contributed by atoms with Crippen LogP contribution in [0.5, 0.6) is 0 Å². The van der Waals surface area contributed by atoms with Gasteiger partial charge in [0, 0.05) is 49.3 Å². The average molecular weight is 498 g/mol. The molecule has 0 spiro atoms. The highest BCUT2D eigenvalue weighted by Crippen LogP contribution is 2.37. The summed E-state index contributed by atoms with van der Waals surface area (Å²) in [6, 6.07) is 15.5. The van der Waals surface area contributed by atoms with Gasteiger partial charge in [-0.25, -0.2) is 9.78 Å². The Labute approximate surface area is 216 Å². The molecule has 3 aromatic rings. The molecule has 190 valence electrons. The van der Waals surface area contributed by atoms with Crippen LogP contribution < -0.4 is 0 Å². The van der Waals surface area contributed by atoms with E-state index in [9.17, 15) is 14.7 Å². The van der Waals surface area contributed by atoms with E-state index in [4.69, 9.17) is 10.2 Å². The summed E-state index contributed by atoms with van der Waals surface area (Å²) in [5.74, 6) is 1.19. The number of imidazole rings is 1. The molecule has 2 fully saturated rings. The summed E-state index contributed by atoms with van der Waals surface area (Å²) < 4.78 is 2.09. The third kappa shape index (κ3) is 4.57. The Kier molecular flexibility index (Phi) is 6.24. The van der Waals surface area contributed by atoms with Gasteiger partial charge in [0.15, 0.2) is 0 Å². The van der Waals surface area contributed by atoms with Gasteiger partial charge in [-0.1, -0.05) is 25.1 Å². The van der Waals surface area contributed by atoms with Crippen molar-refractivity contribution in [2.75, 3.05) is 26.2 Å². The van der Waals surface area contributed by atoms with Gasteiger partial charge in [-0.05, 0) is 62.1 Å². The fourth-order valence-electron chi connectivity index (χ4n) is 5.39. The zero-order valence-corrected chi connectivity index (χ0v) is 21.4. The van der Waals surface area contributed by atoms with Gasteiger partial charge in [-0.2, -0.15) is 5.26 Å².